The summed E-state index contributed by atoms with van der Waals surface area (Å²) in [6.45, 7) is 0. The van der Waals surface area contributed by atoms with Crippen LogP contribution in [0.5, 0.6) is 0 Å². The number of pyridine rings is 2. The molecule has 0 bridgehead atoms. The molecule has 246 valence electrons. The minimum Gasteiger partial charge on any atom is -0.265 e. The molecule has 16 heteroatoms. The monoisotopic (exact) mass is 698 g/mol. The van der Waals surface area contributed by atoms with E-state index < -0.39 is 25.9 Å². The third-order valence-corrected chi connectivity index (χ3v) is 9.47. The van der Waals surface area contributed by atoms with Crippen LogP contribution >= 0.6 is 0 Å². The smallest absolute Gasteiger partial charge is 0.265 e. The molecule has 0 aliphatic heterocycles. The number of hydrogen-bond donors (Lipinski definition) is 0. The van der Waals surface area contributed by atoms with Gasteiger partial charge in [0.15, 0.2) is 0 Å². The molecule has 7 aromatic rings. The second kappa shape index (κ2) is 13.6. The fraction of sp³-hybridized carbons (Fsp3) is 0.0303. The molecule has 3 aromatic carbocycles. The Morgan fingerprint density at radius 3 is 1.35 bits per heavy atom. The molecule has 0 unspecified atom stereocenters. The van der Waals surface area contributed by atoms with Gasteiger partial charge in [0.2, 0.25) is 0 Å². The van der Waals surface area contributed by atoms with Crippen LogP contribution in [0.1, 0.15) is 0 Å². The maximum absolute atomic E-state index is 13.3. The van der Waals surface area contributed by atoms with Gasteiger partial charge < -0.3 is 0 Å². The topological polar surface area (TPSA) is 155 Å². The van der Waals surface area contributed by atoms with Crippen molar-refractivity contribution in [3.05, 3.63) is 140 Å². The summed E-state index contributed by atoms with van der Waals surface area (Å²) in [5.74, 6) is -0.779. The van der Waals surface area contributed by atoms with Crippen molar-refractivity contribution in [2.24, 2.45) is 0 Å². The number of nitrogens with zero attached hydrogens (tertiary/aromatic N) is 8. The zero-order valence-electron chi connectivity index (χ0n) is 25.4. The van der Waals surface area contributed by atoms with E-state index in [4.69, 9.17) is 0 Å². The number of aromatic nitrogens is 8. The van der Waals surface area contributed by atoms with Crippen molar-refractivity contribution < 1.29 is 25.6 Å². The third kappa shape index (κ3) is 7.00. The van der Waals surface area contributed by atoms with E-state index >= 15 is 0 Å². The minimum atomic E-state index is -3.96. The van der Waals surface area contributed by atoms with Crippen molar-refractivity contribution in [2.45, 2.75) is 4.90 Å². The summed E-state index contributed by atoms with van der Waals surface area (Å²) < 4.78 is 78.2. The summed E-state index contributed by atoms with van der Waals surface area (Å²) in [4.78, 5) is 7.98. The second-order valence-electron chi connectivity index (χ2n) is 10.3. The van der Waals surface area contributed by atoms with Crippen molar-refractivity contribution in [2.75, 3.05) is 6.26 Å². The van der Waals surface area contributed by atoms with Crippen LogP contribution in [0.25, 0.3) is 45.0 Å². The lowest BCUT2D eigenvalue weighted by Crippen LogP contribution is -2.16. The van der Waals surface area contributed by atoms with E-state index in [0.29, 0.717) is 39.3 Å². The van der Waals surface area contributed by atoms with Gasteiger partial charge in [0.1, 0.15) is 34.4 Å². The molecule has 0 fully saturated rings. The maximum Gasteiger partial charge on any atom is 0.284 e. The lowest BCUT2D eigenvalue weighted by Gasteiger charge is -2.09. The summed E-state index contributed by atoms with van der Waals surface area (Å²) in [6.07, 6.45) is 7.24. The molecule has 0 N–H and O–H groups in total. The Hall–Kier alpha value is -6.00. The molecule has 12 nitrogen and oxygen atoms in total. The molecule has 0 amide bonds. The van der Waals surface area contributed by atoms with Crippen LogP contribution in [-0.2, 0) is 20.0 Å². The average molecular weight is 699 g/mol. The predicted octanol–water partition coefficient (Wildman–Crippen LogP) is 5.34. The largest absolute Gasteiger partial charge is 0.284 e. The zero-order chi connectivity index (χ0) is 34.6. The molecular formula is C33H24F2N8O4S2. The highest BCUT2D eigenvalue weighted by Gasteiger charge is 2.27. The lowest BCUT2D eigenvalue weighted by molar-refractivity contribution is 0.577. The van der Waals surface area contributed by atoms with Crippen LogP contribution in [0.4, 0.5) is 8.78 Å². The van der Waals surface area contributed by atoms with Gasteiger partial charge in [0, 0.05) is 47.0 Å². The van der Waals surface area contributed by atoms with E-state index in [9.17, 15) is 25.6 Å². The molecule has 0 saturated carbocycles. The molecule has 0 saturated heterocycles. The molecule has 0 radical (unpaired) electrons. The molecular weight excluding hydrogens is 675 g/mol. The standard InChI is InChI=1S/C19H13FN4O2S.C14H11FN4O2S/c20-16-8-6-14(7-9-16)18-19(15-10-12-21-13-11-15)24(23-22-18)27(25,26)17-4-2-1-3-5-17;1-22(20,21)19-14(11-6-8-16-9-7-11)13(17-18-19)10-2-4-12(15)5-3-10/h1-13H;2-9H,1H3. The van der Waals surface area contributed by atoms with E-state index in [1.165, 1.54) is 60.7 Å². The van der Waals surface area contributed by atoms with Gasteiger partial charge in [-0.2, -0.15) is 8.42 Å². The van der Waals surface area contributed by atoms with Crippen molar-refractivity contribution in [1.82, 2.24) is 38.8 Å². The quantitative estimate of drug-likeness (QED) is 0.213. The Balaban J connectivity index is 0.000000174. The molecule has 7 rings (SSSR count). The summed E-state index contributed by atoms with van der Waals surface area (Å²) in [5, 5.41) is 15.7. The van der Waals surface area contributed by atoms with Gasteiger partial charge in [-0.15, -0.1) is 18.4 Å². The molecule has 4 heterocycles. The molecule has 4 aromatic heterocycles. The SMILES string of the molecule is CS(=O)(=O)n1nnc(-c2ccc(F)cc2)c1-c1ccncc1.O=S(=O)(c1ccccc1)n1nnc(-c2ccc(F)cc2)c1-c1ccncc1. The first-order chi connectivity index (χ1) is 23.5. The summed E-state index contributed by atoms with van der Waals surface area (Å²) in [7, 11) is -7.59. The predicted molar refractivity (Wildman–Crippen MR) is 177 cm³/mol. The zero-order valence-corrected chi connectivity index (χ0v) is 27.0. The Morgan fingerprint density at radius 1 is 0.510 bits per heavy atom. The van der Waals surface area contributed by atoms with Crippen LogP contribution in [0, 0.1) is 11.6 Å². The van der Waals surface area contributed by atoms with Crippen LogP contribution in [0.15, 0.2) is 133 Å². The van der Waals surface area contributed by atoms with Gasteiger partial charge in [-0.1, -0.05) is 28.6 Å². The first kappa shape index (κ1) is 32.9. The van der Waals surface area contributed by atoms with Gasteiger partial charge >= 0.3 is 0 Å². The van der Waals surface area contributed by atoms with E-state index in [2.05, 4.69) is 30.6 Å². The van der Waals surface area contributed by atoms with Crippen LogP contribution < -0.4 is 0 Å². The molecule has 0 atom stereocenters. The molecule has 0 aliphatic carbocycles. The van der Waals surface area contributed by atoms with Gasteiger partial charge in [-0.25, -0.2) is 17.2 Å². The van der Waals surface area contributed by atoms with Crippen molar-refractivity contribution in [3.8, 4) is 45.0 Å². The van der Waals surface area contributed by atoms with E-state index in [0.717, 1.165) is 14.4 Å². The average Bonchev–Trinajstić information content (AvgIpc) is 3.77. The second-order valence-corrected chi connectivity index (χ2v) is 13.9. The Bertz CT molecular complexity index is 2430. The first-order valence-corrected chi connectivity index (χ1v) is 17.6. The van der Waals surface area contributed by atoms with E-state index in [-0.39, 0.29) is 16.4 Å². The van der Waals surface area contributed by atoms with Crippen LogP contribution in [0.2, 0.25) is 0 Å². The first-order valence-electron chi connectivity index (χ1n) is 14.3. The molecule has 0 spiro atoms. The van der Waals surface area contributed by atoms with Crippen molar-refractivity contribution >= 4 is 20.0 Å². The molecule has 49 heavy (non-hydrogen) atoms. The van der Waals surface area contributed by atoms with Gasteiger partial charge in [-0.05, 0) is 84.9 Å². The Morgan fingerprint density at radius 2 is 0.918 bits per heavy atom. The van der Waals surface area contributed by atoms with Gasteiger partial charge in [0.25, 0.3) is 20.0 Å². The van der Waals surface area contributed by atoms with Gasteiger partial charge in [0.05, 0.1) is 11.2 Å². The van der Waals surface area contributed by atoms with Crippen molar-refractivity contribution in [3.63, 3.8) is 0 Å². The van der Waals surface area contributed by atoms with Crippen LogP contribution in [0.3, 0.4) is 0 Å². The molecule has 0 aliphatic rings. The van der Waals surface area contributed by atoms with Gasteiger partial charge in [-0.3, -0.25) is 9.97 Å². The normalized spacial score (nSPS) is 11.5. The summed E-state index contributed by atoms with van der Waals surface area (Å²) in [6, 6.07) is 25.9. The highest BCUT2D eigenvalue weighted by Crippen LogP contribution is 2.33. The number of halogens is 2. The van der Waals surface area contributed by atoms with Crippen molar-refractivity contribution in [1.29, 1.82) is 0 Å². The van der Waals surface area contributed by atoms with Crippen LogP contribution in [-0.4, -0.2) is 61.9 Å². The summed E-state index contributed by atoms with van der Waals surface area (Å²) in [5.41, 5.74) is 3.60. The number of benzene rings is 3. The van der Waals surface area contributed by atoms with E-state index in [1.54, 1.807) is 67.3 Å². The summed E-state index contributed by atoms with van der Waals surface area (Å²) >= 11 is 0. The highest BCUT2D eigenvalue weighted by molar-refractivity contribution is 7.90. The fourth-order valence-corrected chi connectivity index (χ4v) is 6.71. The third-order valence-electron chi connectivity index (χ3n) is 7.01. The number of hydrogen-bond acceptors (Lipinski definition) is 10. The van der Waals surface area contributed by atoms with E-state index in [1.807, 2.05) is 0 Å². The minimum absolute atomic E-state index is 0.0934. The fourth-order valence-electron chi connectivity index (χ4n) is 4.75. The number of rotatable bonds is 7. The Labute approximate surface area is 279 Å². The Kier molecular flexibility index (Phi) is 9.15. The lowest BCUT2D eigenvalue weighted by atomic mass is 10.1. The highest BCUT2D eigenvalue weighted by atomic mass is 32.2. The maximum atomic E-state index is 13.3.